The normalized spacial score (nSPS) is 9.90. The molecular weight excluding hydrogens is 275 g/mol. The standard InChI is InChI=1S/C15H13FN2OS/c1-19-10-6-7-12(16)14(8-10)18-13-4-3-5-15(20-2)11(13)9-17/h3-8,18H,1-2H3. The van der Waals surface area contributed by atoms with E-state index >= 15 is 0 Å². The molecule has 0 aromatic heterocycles. The van der Waals surface area contributed by atoms with Crippen LogP contribution < -0.4 is 10.1 Å². The van der Waals surface area contributed by atoms with Crippen molar-refractivity contribution in [3.8, 4) is 11.8 Å². The summed E-state index contributed by atoms with van der Waals surface area (Å²) in [4.78, 5) is 0.848. The van der Waals surface area contributed by atoms with E-state index in [1.54, 1.807) is 18.2 Å². The molecule has 2 aromatic carbocycles. The smallest absolute Gasteiger partial charge is 0.146 e. The predicted molar refractivity (Wildman–Crippen MR) is 79.2 cm³/mol. The summed E-state index contributed by atoms with van der Waals surface area (Å²) in [7, 11) is 1.52. The second kappa shape index (κ2) is 6.31. The Balaban J connectivity index is 2.43. The van der Waals surface area contributed by atoms with Gasteiger partial charge in [0.05, 0.1) is 24.0 Å². The monoisotopic (exact) mass is 288 g/mol. The minimum absolute atomic E-state index is 0.277. The number of methoxy groups -OCH3 is 1. The van der Waals surface area contributed by atoms with Crippen LogP contribution in [0.25, 0.3) is 0 Å². The molecule has 5 heteroatoms. The van der Waals surface area contributed by atoms with Gasteiger partial charge in [-0.1, -0.05) is 6.07 Å². The Morgan fingerprint density at radius 1 is 1.25 bits per heavy atom. The molecule has 0 saturated carbocycles. The fourth-order valence-corrected chi connectivity index (χ4v) is 2.37. The van der Waals surface area contributed by atoms with Crippen LogP contribution in [0.5, 0.6) is 5.75 Å². The zero-order valence-corrected chi connectivity index (χ0v) is 11.9. The molecule has 2 aromatic rings. The van der Waals surface area contributed by atoms with Crippen LogP contribution >= 0.6 is 11.8 Å². The summed E-state index contributed by atoms with van der Waals surface area (Å²) in [6.07, 6.45) is 1.89. The van der Waals surface area contributed by atoms with Crippen LogP contribution in [-0.2, 0) is 0 Å². The molecule has 2 rings (SSSR count). The molecule has 0 radical (unpaired) electrons. The molecule has 1 N–H and O–H groups in total. The average molecular weight is 288 g/mol. The first-order chi connectivity index (χ1) is 9.69. The summed E-state index contributed by atoms with van der Waals surface area (Å²) < 4.78 is 18.9. The highest BCUT2D eigenvalue weighted by Gasteiger charge is 2.10. The maximum absolute atomic E-state index is 13.8. The molecule has 0 heterocycles. The van der Waals surface area contributed by atoms with Crippen molar-refractivity contribution >= 4 is 23.1 Å². The lowest BCUT2D eigenvalue weighted by molar-refractivity contribution is 0.414. The van der Waals surface area contributed by atoms with Crippen molar-refractivity contribution in [3.63, 3.8) is 0 Å². The van der Waals surface area contributed by atoms with E-state index in [1.165, 1.54) is 24.9 Å². The molecule has 102 valence electrons. The van der Waals surface area contributed by atoms with E-state index in [9.17, 15) is 9.65 Å². The quantitative estimate of drug-likeness (QED) is 0.858. The maximum Gasteiger partial charge on any atom is 0.146 e. The second-order valence-corrected chi connectivity index (χ2v) is 4.81. The first-order valence-corrected chi connectivity index (χ1v) is 7.09. The van der Waals surface area contributed by atoms with Crippen LogP contribution in [0.4, 0.5) is 15.8 Å². The van der Waals surface area contributed by atoms with E-state index in [2.05, 4.69) is 11.4 Å². The van der Waals surface area contributed by atoms with Crippen molar-refractivity contribution < 1.29 is 9.13 Å². The fourth-order valence-electron chi connectivity index (χ4n) is 1.79. The van der Waals surface area contributed by atoms with Gasteiger partial charge in [0.15, 0.2) is 0 Å². The van der Waals surface area contributed by atoms with Gasteiger partial charge >= 0.3 is 0 Å². The van der Waals surface area contributed by atoms with Crippen molar-refractivity contribution in [1.29, 1.82) is 5.26 Å². The zero-order chi connectivity index (χ0) is 14.5. The predicted octanol–water partition coefficient (Wildman–Crippen LogP) is 4.17. The van der Waals surface area contributed by atoms with Gasteiger partial charge in [0, 0.05) is 11.0 Å². The SMILES string of the molecule is COc1ccc(F)c(Nc2cccc(SC)c2C#N)c1. The maximum atomic E-state index is 13.8. The molecule has 0 amide bonds. The van der Waals surface area contributed by atoms with Gasteiger partial charge in [0.25, 0.3) is 0 Å². The minimum atomic E-state index is -0.399. The number of ether oxygens (including phenoxy) is 1. The minimum Gasteiger partial charge on any atom is -0.497 e. The summed E-state index contributed by atoms with van der Waals surface area (Å²) in [6, 6.07) is 12.0. The number of hydrogen-bond acceptors (Lipinski definition) is 4. The third-order valence-corrected chi connectivity index (χ3v) is 3.58. The molecule has 0 unspecified atom stereocenters. The second-order valence-electron chi connectivity index (χ2n) is 3.97. The summed E-state index contributed by atoms with van der Waals surface area (Å²) in [5.74, 6) is 0.151. The number of rotatable bonds is 4. The van der Waals surface area contributed by atoms with Crippen molar-refractivity contribution in [2.24, 2.45) is 0 Å². The molecule has 3 nitrogen and oxygen atoms in total. The number of hydrogen-bond donors (Lipinski definition) is 1. The van der Waals surface area contributed by atoms with Gasteiger partial charge in [-0.25, -0.2) is 4.39 Å². The molecular formula is C15H13FN2OS. The van der Waals surface area contributed by atoms with Gasteiger partial charge in [-0.3, -0.25) is 0 Å². The number of nitrogens with one attached hydrogen (secondary N) is 1. The topological polar surface area (TPSA) is 45.0 Å². The number of thioether (sulfide) groups is 1. The van der Waals surface area contributed by atoms with Gasteiger partial charge in [0.2, 0.25) is 0 Å². The first kappa shape index (κ1) is 14.2. The highest BCUT2D eigenvalue weighted by molar-refractivity contribution is 7.98. The van der Waals surface area contributed by atoms with Gasteiger partial charge < -0.3 is 10.1 Å². The number of nitrogens with zero attached hydrogens (tertiary/aromatic N) is 1. The Hall–Kier alpha value is -2.19. The summed E-state index contributed by atoms with van der Waals surface area (Å²) >= 11 is 1.48. The van der Waals surface area contributed by atoms with Gasteiger partial charge in [-0.2, -0.15) is 5.26 Å². The Morgan fingerprint density at radius 2 is 2.05 bits per heavy atom. The summed E-state index contributed by atoms with van der Waals surface area (Å²) in [5, 5.41) is 12.2. The lowest BCUT2D eigenvalue weighted by atomic mass is 10.2. The summed E-state index contributed by atoms with van der Waals surface area (Å²) in [5.41, 5.74) is 1.35. The highest BCUT2D eigenvalue weighted by Crippen LogP contribution is 2.30. The molecule has 0 bridgehead atoms. The molecule has 0 fully saturated rings. The Bertz CT molecular complexity index is 667. The Kier molecular flexibility index (Phi) is 4.49. The van der Waals surface area contributed by atoms with Gasteiger partial charge in [0.1, 0.15) is 17.6 Å². The van der Waals surface area contributed by atoms with Gasteiger partial charge in [-0.15, -0.1) is 11.8 Å². The number of halogens is 1. The van der Waals surface area contributed by atoms with Gasteiger partial charge in [-0.05, 0) is 30.5 Å². The number of nitriles is 1. The Labute approximate surface area is 121 Å². The fraction of sp³-hybridized carbons (Fsp3) is 0.133. The van der Waals surface area contributed by atoms with E-state index in [0.29, 0.717) is 17.0 Å². The first-order valence-electron chi connectivity index (χ1n) is 5.87. The largest absolute Gasteiger partial charge is 0.497 e. The van der Waals surface area contributed by atoms with Crippen molar-refractivity contribution in [2.45, 2.75) is 4.90 Å². The molecule has 0 atom stereocenters. The molecule has 0 spiro atoms. The van der Waals surface area contributed by atoms with E-state index < -0.39 is 5.82 Å². The van der Waals surface area contributed by atoms with Crippen molar-refractivity contribution in [2.75, 3.05) is 18.7 Å². The number of anilines is 2. The number of benzene rings is 2. The molecule has 0 aliphatic heterocycles. The Morgan fingerprint density at radius 3 is 2.70 bits per heavy atom. The molecule has 0 saturated heterocycles. The lowest BCUT2D eigenvalue weighted by Crippen LogP contribution is -1.98. The summed E-state index contributed by atoms with van der Waals surface area (Å²) in [6.45, 7) is 0. The third kappa shape index (κ3) is 2.86. The van der Waals surface area contributed by atoms with E-state index in [0.717, 1.165) is 4.90 Å². The van der Waals surface area contributed by atoms with Crippen LogP contribution in [0.15, 0.2) is 41.3 Å². The van der Waals surface area contributed by atoms with Crippen molar-refractivity contribution in [3.05, 3.63) is 47.8 Å². The molecule has 0 aliphatic rings. The van der Waals surface area contributed by atoms with Crippen LogP contribution in [0, 0.1) is 17.1 Å². The third-order valence-electron chi connectivity index (χ3n) is 2.80. The molecule has 20 heavy (non-hydrogen) atoms. The van der Waals surface area contributed by atoms with Crippen LogP contribution in [0.1, 0.15) is 5.56 Å². The zero-order valence-electron chi connectivity index (χ0n) is 11.1. The molecule has 0 aliphatic carbocycles. The average Bonchev–Trinajstić information content (AvgIpc) is 2.49. The van der Waals surface area contributed by atoms with E-state index in [-0.39, 0.29) is 5.69 Å². The van der Waals surface area contributed by atoms with Crippen LogP contribution in [-0.4, -0.2) is 13.4 Å². The van der Waals surface area contributed by atoms with Crippen molar-refractivity contribution in [1.82, 2.24) is 0 Å². The van der Waals surface area contributed by atoms with E-state index in [4.69, 9.17) is 4.74 Å². The van der Waals surface area contributed by atoms with E-state index in [1.807, 2.05) is 18.4 Å². The van der Waals surface area contributed by atoms with Crippen LogP contribution in [0.3, 0.4) is 0 Å². The van der Waals surface area contributed by atoms with Crippen LogP contribution in [0.2, 0.25) is 0 Å². The lowest BCUT2D eigenvalue weighted by Gasteiger charge is -2.12. The highest BCUT2D eigenvalue weighted by atomic mass is 32.2.